The monoisotopic (exact) mass is 647 g/mol. The first-order chi connectivity index (χ1) is 21.2. The van der Waals surface area contributed by atoms with Crippen molar-refractivity contribution in [2.24, 2.45) is 11.3 Å². The highest BCUT2D eigenvalue weighted by Gasteiger charge is 2.32. The molecule has 45 heavy (non-hydrogen) atoms. The molecule has 0 aromatic carbocycles. The summed E-state index contributed by atoms with van der Waals surface area (Å²) in [5, 5.41) is 8.76. The van der Waals surface area contributed by atoms with Gasteiger partial charge in [-0.1, -0.05) is 88.2 Å². The fourth-order valence-electron chi connectivity index (χ4n) is 4.18. The summed E-state index contributed by atoms with van der Waals surface area (Å²) in [5.74, 6) is -1.06. The Balaban J connectivity index is 2.72. The van der Waals surface area contributed by atoms with E-state index >= 15 is 0 Å². The van der Waals surface area contributed by atoms with Crippen LogP contribution in [0, 0.1) is 11.3 Å². The van der Waals surface area contributed by atoms with Crippen LogP contribution in [0.4, 0.5) is 4.79 Å². The molecule has 0 unspecified atom stereocenters. The van der Waals surface area contributed by atoms with Gasteiger partial charge in [0.2, 0.25) is 11.8 Å². The summed E-state index contributed by atoms with van der Waals surface area (Å²) in [4.78, 5) is 49.6. The predicted octanol–water partition coefficient (Wildman–Crippen LogP) is 6.12. The summed E-state index contributed by atoms with van der Waals surface area (Å²) in [6.45, 7) is 13.7. The molecule has 1 heterocycles. The van der Waals surface area contributed by atoms with Crippen LogP contribution in [0.15, 0.2) is 71.2 Å². The van der Waals surface area contributed by atoms with E-state index in [0.29, 0.717) is 30.8 Å². The van der Waals surface area contributed by atoms with Gasteiger partial charge in [0.05, 0.1) is 7.11 Å². The molecule has 0 aromatic heterocycles. The summed E-state index contributed by atoms with van der Waals surface area (Å²) >= 11 is 5.94. The van der Waals surface area contributed by atoms with Crippen LogP contribution in [0.25, 0.3) is 0 Å². The van der Waals surface area contributed by atoms with Gasteiger partial charge in [0.1, 0.15) is 18.2 Å². The number of hydrogen-bond donors (Lipinski definition) is 3. The molecule has 10 nitrogen and oxygen atoms in total. The van der Waals surface area contributed by atoms with Gasteiger partial charge in [-0.3, -0.25) is 9.59 Å². The number of halogens is 1. The lowest BCUT2D eigenvalue weighted by Gasteiger charge is -2.29. The normalized spacial score (nSPS) is 18.3. The van der Waals surface area contributed by atoms with Crippen molar-refractivity contribution < 1.29 is 33.4 Å². The van der Waals surface area contributed by atoms with Crippen LogP contribution in [0.2, 0.25) is 0 Å². The van der Waals surface area contributed by atoms with Crippen LogP contribution >= 0.6 is 11.6 Å². The number of carbonyl (C=O) groups is 4. The van der Waals surface area contributed by atoms with Crippen molar-refractivity contribution in [2.75, 3.05) is 13.7 Å². The highest BCUT2D eigenvalue weighted by atomic mass is 35.5. The Morgan fingerprint density at radius 3 is 2.44 bits per heavy atom. The highest BCUT2D eigenvalue weighted by Crippen LogP contribution is 2.23. The summed E-state index contributed by atoms with van der Waals surface area (Å²) < 4.78 is 15.9. The Kier molecular flexibility index (Phi) is 17.7. The number of alkyl carbamates (subject to hydrolysis) is 1. The summed E-state index contributed by atoms with van der Waals surface area (Å²) in [6.07, 6.45) is 16.1. The number of carbonyl (C=O) groups excluding carboxylic acids is 4. The van der Waals surface area contributed by atoms with E-state index in [1.165, 1.54) is 19.4 Å². The Morgan fingerprint density at radius 1 is 1.16 bits per heavy atom. The van der Waals surface area contributed by atoms with Gasteiger partial charge in [-0.05, 0) is 38.0 Å². The standard InChI is InChI=1S/C34H50ClN3O7/c1-9-20-37-33(42)44-26(17-16-25(4)35)14-12-21-36-31(40)30(34(5,6)7)38-29(39)15-11-10-13-23(2)22-24(3)27-18-19-28(43-8)32(41)45-27/h10-13,15-16,19,21-22,24,26-27,30H,9,14,17-18,20H2,1-8H3,(H,36,40)(H,37,42)(H,38,39)/b13-10-,15-11-,21-12-,23-22+,25-16+/t24-,26+,27-,30+/m0/s1. The first kappa shape index (κ1) is 39.2. The SMILES string of the molecule is CCCNC(=O)O[C@H](C/C=C\NC(=O)[C@@H](NC(=O)\C=C/C=C\C(C)=C\[C@H](C)[C@@H]1CC=C(OC)C(=O)O1)C(C)(C)C)C/C=C(\C)Cl. The van der Waals surface area contributed by atoms with Gasteiger partial charge in [-0.2, -0.15) is 0 Å². The fourth-order valence-corrected chi connectivity index (χ4v) is 4.27. The number of hydrogen-bond acceptors (Lipinski definition) is 7. The molecule has 0 spiro atoms. The Bertz CT molecular complexity index is 1190. The van der Waals surface area contributed by atoms with E-state index in [1.54, 1.807) is 37.3 Å². The van der Waals surface area contributed by atoms with Gasteiger partial charge in [0.15, 0.2) is 5.76 Å². The highest BCUT2D eigenvalue weighted by molar-refractivity contribution is 6.29. The minimum Gasteiger partial charge on any atom is -0.490 e. The zero-order valence-electron chi connectivity index (χ0n) is 27.8. The minimum atomic E-state index is -0.815. The first-order valence-corrected chi connectivity index (χ1v) is 15.6. The van der Waals surface area contributed by atoms with Gasteiger partial charge < -0.3 is 30.2 Å². The van der Waals surface area contributed by atoms with Crippen molar-refractivity contribution in [3.63, 3.8) is 0 Å². The first-order valence-electron chi connectivity index (χ1n) is 15.2. The molecule has 250 valence electrons. The predicted molar refractivity (Wildman–Crippen MR) is 177 cm³/mol. The van der Waals surface area contributed by atoms with E-state index in [2.05, 4.69) is 16.0 Å². The van der Waals surface area contributed by atoms with Crippen LogP contribution in [-0.4, -0.2) is 55.8 Å². The second kappa shape index (κ2) is 20.3. The van der Waals surface area contributed by atoms with E-state index in [-0.39, 0.29) is 23.7 Å². The average Bonchev–Trinajstić information content (AvgIpc) is 2.96. The smallest absolute Gasteiger partial charge is 0.407 e. The molecule has 0 radical (unpaired) electrons. The van der Waals surface area contributed by atoms with Gasteiger partial charge in [0, 0.05) is 42.8 Å². The molecular formula is C34H50ClN3O7. The molecule has 3 amide bonds. The average molecular weight is 648 g/mol. The lowest BCUT2D eigenvalue weighted by Crippen LogP contribution is -2.52. The van der Waals surface area contributed by atoms with Crippen molar-refractivity contribution in [2.45, 2.75) is 92.4 Å². The van der Waals surface area contributed by atoms with Crippen molar-refractivity contribution in [1.82, 2.24) is 16.0 Å². The van der Waals surface area contributed by atoms with Crippen molar-refractivity contribution in [3.8, 4) is 0 Å². The third-order valence-corrected chi connectivity index (χ3v) is 6.81. The number of methoxy groups -OCH3 is 1. The minimum absolute atomic E-state index is 0.0176. The lowest BCUT2D eigenvalue weighted by molar-refractivity contribution is -0.151. The Morgan fingerprint density at radius 2 is 1.84 bits per heavy atom. The molecule has 1 aliphatic heterocycles. The maximum Gasteiger partial charge on any atom is 0.407 e. The Labute approximate surface area is 273 Å². The number of rotatable bonds is 16. The largest absolute Gasteiger partial charge is 0.490 e. The number of esters is 1. The van der Waals surface area contributed by atoms with Crippen molar-refractivity contribution >= 4 is 35.5 Å². The molecule has 1 aliphatic rings. The molecule has 11 heteroatoms. The van der Waals surface area contributed by atoms with Gasteiger partial charge in [0.25, 0.3) is 0 Å². The summed E-state index contributed by atoms with van der Waals surface area (Å²) in [7, 11) is 1.44. The molecule has 0 fully saturated rings. The number of allylic oxidation sites excluding steroid dienone is 5. The van der Waals surface area contributed by atoms with E-state index in [4.69, 9.17) is 25.8 Å². The molecule has 0 saturated heterocycles. The molecule has 0 aromatic rings. The topological polar surface area (TPSA) is 132 Å². The molecule has 3 N–H and O–H groups in total. The zero-order chi connectivity index (χ0) is 34.0. The molecule has 0 aliphatic carbocycles. The van der Waals surface area contributed by atoms with Crippen LogP contribution < -0.4 is 16.0 Å². The maximum absolute atomic E-state index is 13.0. The maximum atomic E-state index is 13.0. The fraction of sp³-hybridized carbons (Fsp3) is 0.529. The quantitative estimate of drug-likeness (QED) is 0.105. The Hall–Kier alpha value is -3.79. The summed E-state index contributed by atoms with van der Waals surface area (Å²) in [5.41, 5.74) is 0.368. The second-order valence-corrected chi connectivity index (χ2v) is 12.5. The molecule has 0 bridgehead atoms. The lowest BCUT2D eigenvalue weighted by atomic mass is 9.86. The zero-order valence-corrected chi connectivity index (χ0v) is 28.5. The second-order valence-electron chi connectivity index (χ2n) is 11.9. The van der Waals surface area contributed by atoms with E-state index in [9.17, 15) is 19.2 Å². The van der Waals surface area contributed by atoms with Gasteiger partial charge >= 0.3 is 12.1 Å². The van der Waals surface area contributed by atoms with Crippen molar-refractivity contribution in [1.29, 1.82) is 0 Å². The third kappa shape index (κ3) is 16.2. The number of cyclic esters (lactones) is 1. The molecular weight excluding hydrogens is 598 g/mol. The van der Waals surface area contributed by atoms with Crippen molar-refractivity contribution in [3.05, 3.63) is 71.2 Å². The van der Waals surface area contributed by atoms with E-state index in [0.717, 1.165) is 12.0 Å². The summed E-state index contributed by atoms with van der Waals surface area (Å²) in [6, 6.07) is -0.815. The molecule has 0 saturated carbocycles. The number of ether oxygens (including phenoxy) is 3. The van der Waals surface area contributed by atoms with E-state index < -0.39 is 35.5 Å². The van der Waals surface area contributed by atoms with Crippen LogP contribution in [0.3, 0.4) is 0 Å². The number of nitrogens with one attached hydrogen (secondary N) is 3. The van der Waals surface area contributed by atoms with E-state index in [1.807, 2.05) is 53.7 Å². The molecule has 1 rings (SSSR count). The van der Waals surface area contributed by atoms with Crippen LogP contribution in [0.5, 0.6) is 0 Å². The number of amides is 3. The van der Waals surface area contributed by atoms with Gasteiger partial charge in [-0.15, -0.1) is 0 Å². The molecule has 4 atom stereocenters. The van der Waals surface area contributed by atoms with Gasteiger partial charge in [-0.25, -0.2) is 9.59 Å². The van der Waals surface area contributed by atoms with Crippen LogP contribution in [-0.2, 0) is 28.6 Å². The van der Waals surface area contributed by atoms with Crippen LogP contribution in [0.1, 0.15) is 74.1 Å². The third-order valence-electron chi connectivity index (χ3n) is 6.66.